The second-order valence-electron chi connectivity index (χ2n) is 3.63. The molecule has 0 aliphatic rings. The highest BCUT2D eigenvalue weighted by atomic mass is 16.5. The average molecular weight is 269 g/mol. The molecule has 0 saturated carbocycles. The number of phenols is 1. The van der Waals surface area contributed by atoms with Gasteiger partial charge in [0.15, 0.2) is 0 Å². The molecule has 1 atom stereocenters. The second-order valence-corrected chi connectivity index (χ2v) is 3.63. The normalized spacial score (nSPS) is 11.5. The van der Waals surface area contributed by atoms with Gasteiger partial charge in [0, 0.05) is 0 Å². The molecule has 1 rings (SSSR count). The van der Waals surface area contributed by atoms with Gasteiger partial charge in [0.1, 0.15) is 11.8 Å². The monoisotopic (exact) mass is 269 g/mol. The zero-order valence-corrected chi connectivity index (χ0v) is 10.5. The molecule has 0 spiro atoms. The van der Waals surface area contributed by atoms with E-state index in [-0.39, 0.29) is 17.0 Å². The molecule has 1 aromatic carbocycles. The van der Waals surface area contributed by atoms with Crippen LogP contribution in [0.1, 0.15) is 10.4 Å². The number of phenolic OH excluding ortho intramolecular Hbond substituents is 1. The van der Waals surface area contributed by atoms with Crippen molar-refractivity contribution in [3.8, 4) is 5.75 Å². The maximum Gasteiger partial charge on any atom is 0.337 e. The summed E-state index contributed by atoms with van der Waals surface area (Å²) in [4.78, 5) is 22.7. The van der Waals surface area contributed by atoms with E-state index in [9.17, 15) is 14.7 Å². The summed E-state index contributed by atoms with van der Waals surface area (Å²) in [5.41, 5.74) is 0.316. The Kier molecular flexibility index (Phi) is 5.13. The smallest absolute Gasteiger partial charge is 0.337 e. The van der Waals surface area contributed by atoms with Gasteiger partial charge in [-0.1, -0.05) is 0 Å². The number of ether oxygens (including phenoxy) is 2. The van der Waals surface area contributed by atoms with E-state index in [1.807, 2.05) is 0 Å². The molecule has 0 radical (unpaired) electrons. The van der Waals surface area contributed by atoms with Crippen LogP contribution in [0.25, 0.3) is 0 Å². The lowest BCUT2D eigenvalue weighted by Gasteiger charge is -2.16. The van der Waals surface area contributed by atoms with Crippen molar-refractivity contribution >= 4 is 17.6 Å². The zero-order valence-electron chi connectivity index (χ0n) is 10.5. The predicted octanol–water partition coefficient (Wildman–Crippen LogP) is 0.125. The van der Waals surface area contributed by atoms with Crippen molar-refractivity contribution in [2.45, 2.75) is 6.04 Å². The fourth-order valence-electron chi connectivity index (χ4n) is 1.41. The van der Waals surface area contributed by atoms with Crippen LogP contribution in [-0.4, -0.2) is 49.0 Å². The Morgan fingerprint density at radius 2 is 2.00 bits per heavy atom. The van der Waals surface area contributed by atoms with Crippen molar-refractivity contribution < 1.29 is 29.3 Å². The maximum atomic E-state index is 11.3. The number of esters is 2. The van der Waals surface area contributed by atoms with E-state index in [2.05, 4.69) is 14.8 Å². The minimum atomic E-state index is -1.04. The molecule has 0 saturated heterocycles. The average Bonchev–Trinajstić information content (AvgIpc) is 2.44. The summed E-state index contributed by atoms with van der Waals surface area (Å²) in [6, 6.07) is 2.93. The summed E-state index contributed by atoms with van der Waals surface area (Å²) in [6.45, 7) is -0.519. The first-order valence-corrected chi connectivity index (χ1v) is 5.40. The van der Waals surface area contributed by atoms with Gasteiger partial charge in [0.2, 0.25) is 0 Å². The largest absolute Gasteiger partial charge is 0.506 e. The van der Waals surface area contributed by atoms with Crippen molar-refractivity contribution in [2.75, 3.05) is 26.1 Å². The van der Waals surface area contributed by atoms with Crippen LogP contribution in [0.15, 0.2) is 18.2 Å². The highest BCUT2D eigenvalue weighted by Crippen LogP contribution is 2.25. The summed E-state index contributed by atoms with van der Waals surface area (Å²) >= 11 is 0. The zero-order chi connectivity index (χ0) is 14.4. The molecule has 0 bridgehead atoms. The van der Waals surface area contributed by atoms with Gasteiger partial charge >= 0.3 is 11.9 Å². The van der Waals surface area contributed by atoms with Crippen molar-refractivity contribution in [1.82, 2.24) is 0 Å². The number of methoxy groups -OCH3 is 2. The number of aliphatic hydroxyl groups excluding tert-OH is 1. The Hall–Kier alpha value is -2.28. The number of aromatic hydroxyl groups is 1. The van der Waals surface area contributed by atoms with Crippen LogP contribution >= 0.6 is 0 Å². The van der Waals surface area contributed by atoms with E-state index in [0.717, 1.165) is 0 Å². The molecule has 0 aliphatic carbocycles. The Bertz CT molecular complexity index is 473. The number of hydrogen-bond acceptors (Lipinski definition) is 7. The summed E-state index contributed by atoms with van der Waals surface area (Å²) < 4.78 is 9.02. The molecule has 104 valence electrons. The Morgan fingerprint density at radius 3 is 2.53 bits per heavy atom. The molecule has 0 amide bonds. The first-order valence-electron chi connectivity index (χ1n) is 5.40. The quantitative estimate of drug-likeness (QED) is 0.515. The molecular formula is C12H15NO6. The van der Waals surface area contributed by atoms with Gasteiger partial charge in [-0.15, -0.1) is 0 Å². The van der Waals surface area contributed by atoms with Crippen molar-refractivity contribution in [2.24, 2.45) is 0 Å². The minimum absolute atomic E-state index is 0.118. The molecule has 0 aromatic heterocycles. The molecule has 1 aromatic rings. The van der Waals surface area contributed by atoms with E-state index < -0.39 is 24.6 Å². The highest BCUT2D eigenvalue weighted by molar-refractivity contribution is 5.91. The Morgan fingerprint density at radius 1 is 1.32 bits per heavy atom. The topological polar surface area (TPSA) is 105 Å². The molecule has 19 heavy (non-hydrogen) atoms. The predicted molar refractivity (Wildman–Crippen MR) is 66.0 cm³/mol. The molecule has 7 nitrogen and oxygen atoms in total. The molecule has 3 N–H and O–H groups in total. The van der Waals surface area contributed by atoms with E-state index in [1.165, 1.54) is 32.4 Å². The lowest BCUT2D eigenvalue weighted by molar-refractivity contribution is -0.142. The van der Waals surface area contributed by atoms with Gasteiger partial charge in [-0.3, -0.25) is 0 Å². The SMILES string of the molecule is COC(=O)c1ccc(O)c(N[C@@H](CO)C(=O)OC)c1. The fourth-order valence-corrected chi connectivity index (χ4v) is 1.41. The Balaban J connectivity index is 2.99. The number of anilines is 1. The van der Waals surface area contributed by atoms with Crippen LogP contribution in [-0.2, 0) is 14.3 Å². The third-order valence-electron chi connectivity index (χ3n) is 2.42. The van der Waals surface area contributed by atoms with E-state index >= 15 is 0 Å². The first-order chi connectivity index (χ1) is 9.03. The van der Waals surface area contributed by atoms with E-state index in [0.29, 0.717) is 0 Å². The summed E-state index contributed by atoms with van der Waals surface area (Å²) in [7, 11) is 2.41. The fraction of sp³-hybridized carbons (Fsp3) is 0.333. The van der Waals surface area contributed by atoms with E-state index in [1.54, 1.807) is 0 Å². The van der Waals surface area contributed by atoms with Crippen LogP contribution in [0, 0.1) is 0 Å². The second kappa shape index (κ2) is 6.60. The molecule has 0 aliphatic heterocycles. The number of nitrogens with one attached hydrogen (secondary N) is 1. The van der Waals surface area contributed by atoms with Crippen LogP contribution in [0.3, 0.4) is 0 Å². The summed E-state index contributed by atoms with van der Waals surface area (Å²) in [6.07, 6.45) is 0. The van der Waals surface area contributed by atoms with Gasteiger partial charge in [0.05, 0.1) is 32.1 Å². The lowest BCUT2D eigenvalue weighted by atomic mass is 10.1. The van der Waals surface area contributed by atoms with Crippen LogP contribution in [0.2, 0.25) is 0 Å². The minimum Gasteiger partial charge on any atom is -0.506 e. The molecular weight excluding hydrogens is 254 g/mol. The summed E-state index contributed by atoms with van der Waals surface area (Å²) in [5.74, 6) is -1.44. The van der Waals surface area contributed by atoms with Crippen LogP contribution in [0.5, 0.6) is 5.75 Å². The number of hydrogen-bond donors (Lipinski definition) is 3. The lowest BCUT2D eigenvalue weighted by Crippen LogP contribution is -2.34. The van der Waals surface area contributed by atoms with Crippen molar-refractivity contribution in [3.63, 3.8) is 0 Å². The maximum absolute atomic E-state index is 11.3. The third-order valence-corrected chi connectivity index (χ3v) is 2.42. The van der Waals surface area contributed by atoms with Crippen molar-refractivity contribution in [1.29, 1.82) is 0 Å². The molecule has 7 heteroatoms. The molecule has 0 fully saturated rings. The van der Waals surface area contributed by atoms with Crippen molar-refractivity contribution in [3.05, 3.63) is 23.8 Å². The Labute approximate surface area is 109 Å². The van der Waals surface area contributed by atoms with Gasteiger partial charge in [0.25, 0.3) is 0 Å². The number of benzene rings is 1. The van der Waals surface area contributed by atoms with Gasteiger partial charge < -0.3 is 25.0 Å². The highest BCUT2D eigenvalue weighted by Gasteiger charge is 2.20. The molecule has 0 unspecified atom stereocenters. The number of aliphatic hydroxyl groups is 1. The molecule has 0 heterocycles. The standard InChI is InChI=1S/C12H15NO6/c1-18-11(16)7-3-4-10(15)8(5-7)13-9(6-14)12(17)19-2/h3-5,9,13-15H,6H2,1-2H3/t9-/m0/s1. The van der Waals surface area contributed by atoms with Crippen LogP contribution in [0.4, 0.5) is 5.69 Å². The first kappa shape index (κ1) is 14.8. The number of carbonyl (C=O) groups excluding carboxylic acids is 2. The van der Waals surface area contributed by atoms with Crippen LogP contribution < -0.4 is 5.32 Å². The number of carbonyl (C=O) groups is 2. The number of rotatable bonds is 5. The van der Waals surface area contributed by atoms with Gasteiger partial charge in [-0.25, -0.2) is 9.59 Å². The van der Waals surface area contributed by atoms with E-state index in [4.69, 9.17) is 5.11 Å². The summed E-state index contributed by atoms with van der Waals surface area (Å²) in [5, 5.41) is 21.3. The van der Waals surface area contributed by atoms with Gasteiger partial charge in [-0.05, 0) is 18.2 Å². The van der Waals surface area contributed by atoms with Gasteiger partial charge in [-0.2, -0.15) is 0 Å². The third kappa shape index (κ3) is 3.59.